The SMILES string of the molecule is O=C[C@H](Cc1cnc[nH]1)NC(=O)C(CCCc1ccccc1)Cc1ccccc1. The van der Waals surface area contributed by atoms with Crippen molar-refractivity contribution in [3.63, 3.8) is 0 Å². The molecule has 1 amide bonds. The van der Waals surface area contributed by atoms with E-state index in [0.29, 0.717) is 12.8 Å². The third-order valence-electron chi connectivity index (χ3n) is 5.04. The zero-order valence-electron chi connectivity index (χ0n) is 16.5. The van der Waals surface area contributed by atoms with Crippen molar-refractivity contribution >= 4 is 12.2 Å². The summed E-state index contributed by atoms with van der Waals surface area (Å²) in [5, 5.41) is 2.92. The first-order valence-electron chi connectivity index (χ1n) is 10.1. The van der Waals surface area contributed by atoms with Crippen molar-refractivity contribution < 1.29 is 9.59 Å². The van der Waals surface area contributed by atoms with Crippen LogP contribution in [0.1, 0.15) is 29.7 Å². The average Bonchev–Trinajstić information content (AvgIpc) is 3.27. The van der Waals surface area contributed by atoms with Gasteiger partial charge in [0.25, 0.3) is 0 Å². The van der Waals surface area contributed by atoms with E-state index in [1.54, 1.807) is 12.5 Å². The fourth-order valence-corrected chi connectivity index (χ4v) is 3.49. The summed E-state index contributed by atoms with van der Waals surface area (Å²) < 4.78 is 0. The van der Waals surface area contributed by atoms with Gasteiger partial charge in [-0.15, -0.1) is 0 Å². The van der Waals surface area contributed by atoms with Crippen LogP contribution in [0.15, 0.2) is 73.2 Å². The summed E-state index contributed by atoms with van der Waals surface area (Å²) in [5.41, 5.74) is 3.23. The maximum atomic E-state index is 13.0. The first-order chi connectivity index (χ1) is 14.2. The summed E-state index contributed by atoms with van der Waals surface area (Å²) in [5.74, 6) is -0.246. The van der Waals surface area contributed by atoms with E-state index in [1.807, 2.05) is 48.5 Å². The molecule has 0 bridgehead atoms. The Morgan fingerprint density at radius 2 is 1.69 bits per heavy atom. The smallest absolute Gasteiger partial charge is 0.224 e. The molecule has 5 nitrogen and oxygen atoms in total. The van der Waals surface area contributed by atoms with Gasteiger partial charge in [0.2, 0.25) is 5.91 Å². The van der Waals surface area contributed by atoms with Gasteiger partial charge in [-0.3, -0.25) is 4.79 Å². The summed E-state index contributed by atoms with van der Waals surface area (Å²) in [4.78, 5) is 31.4. The summed E-state index contributed by atoms with van der Waals surface area (Å²) in [6, 6.07) is 19.8. The Balaban J connectivity index is 1.62. The molecule has 29 heavy (non-hydrogen) atoms. The van der Waals surface area contributed by atoms with Crippen LogP contribution < -0.4 is 5.32 Å². The second-order valence-electron chi connectivity index (χ2n) is 7.30. The second kappa shape index (κ2) is 11.0. The van der Waals surface area contributed by atoms with Crippen molar-refractivity contribution in [2.75, 3.05) is 0 Å². The molecular weight excluding hydrogens is 362 g/mol. The van der Waals surface area contributed by atoms with Crippen LogP contribution >= 0.6 is 0 Å². The van der Waals surface area contributed by atoms with E-state index in [9.17, 15) is 9.59 Å². The number of carbonyl (C=O) groups excluding carboxylic acids is 2. The normalized spacial score (nSPS) is 12.8. The molecule has 0 fully saturated rings. The molecule has 1 aromatic heterocycles. The molecule has 0 aliphatic carbocycles. The van der Waals surface area contributed by atoms with E-state index in [-0.39, 0.29) is 11.8 Å². The first-order valence-corrected chi connectivity index (χ1v) is 10.1. The number of carbonyl (C=O) groups is 2. The van der Waals surface area contributed by atoms with Crippen LogP contribution in [0.25, 0.3) is 0 Å². The van der Waals surface area contributed by atoms with Gasteiger partial charge in [0, 0.05) is 24.2 Å². The largest absolute Gasteiger partial charge is 0.348 e. The number of rotatable bonds is 11. The van der Waals surface area contributed by atoms with Gasteiger partial charge in [-0.2, -0.15) is 0 Å². The molecule has 2 N–H and O–H groups in total. The van der Waals surface area contributed by atoms with Gasteiger partial charge >= 0.3 is 0 Å². The van der Waals surface area contributed by atoms with Crippen LogP contribution in [0.3, 0.4) is 0 Å². The molecule has 150 valence electrons. The van der Waals surface area contributed by atoms with Gasteiger partial charge in [0.15, 0.2) is 0 Å². The Kier molecular flexibility index (Phi) is 7.75. The van der Waals surface area contributed by atoms with E-state index in [0.717, 1.165) is 36.8 Å². The number of hydrogen-bond donors (Lipinski definition) is 2. The molecule has 1 heterocycles. The predicted octanol–water partition coefficient (Wildman–Crippen LogP) is 3.52. The van der Waals surface area contributed by atoms with E-state index >= 15 is 0 Å². The molecular formula is C24H27N3O2. The lowest BCUT2D eigenvalue weighted by Gasteiger charge is -2.20. The molecule has 0 saturated carbocycles. The molecule has 2 aromatic carbocycles. The topological polar surface area (TPSA) is 74.8 Å². The lowest BCUT2D eigenvalue weighted by Crippen LogP contribution is -2.41. The van der Waals surface area contributed by atoms with Crippen LogP contribution in [-0.4, -0.2) is 28.2 Å². The highest BCUT2D eigenvalue weighted by Crippen LogP contribution is 2.17. The number of hydrogen-bond acceptors (Lipinski definition) is 3. The Morgan fingerprint density at radius 3 is 2.31 bits per heavy atom. The fraction of sp³-hybridized carbons (Fsp3) is 0.292. The van der Waals surface area contributed by atoms with Gasteiger partial charge in [-0.05, 0) is 36.8 Å². The minimum atomic E-state index is -0.560. The molecule has 2 atom stereocenters. The number of imidazole rings is 1. The van der Waals surface area contributed by atoms with Crippen molar-refractivity contribution in [3.8, 4) is 0 Å². The molecule has 0 spiro atoms. The highest BCUT2D eigenvalue weighted by atomic mass is 16.2. The van der Waals surface area contributed by atoms with Crippen LogP contribution in [0.4, 0.5) is 0 Å². The van der Waals surface area contributed by atoms with Crippen molar-refractivity contribution in [1.82, 2.24) is 15.3 Å². The standard InChI is InChI=1S/C24H27N3O2/c28-17-23(15-22-16-25-18-26-22)27-24(29)21(14-20-10-5-2-6-11-20)13-7-12-19-8-3-1-4-9-19/h1-6,8-11,16-18,21,23H,7,12-15H2,(H,25,26)(H,27,29)/t21?,23-/m0/s1. The second-order valence-corrected chi connectivity index (χ2v) is 7.30. The number of nitrogens with zero attached hydrogens (tertiary/aromatic N) is 1. The van der Waals surface area contributed by atoms with E-state index < -0.39 is 6.04 Å². The highest BCUT2D eigenvalue weighted by molar-refractivity contribution is 5.82. The molecule has 5 heteroatoms. The van der Waals surface area contributed by atoms with Gasteiger partial charge in [-0.1, -0.05) is 60.7 Å². The molecule has 3 rings (SSSR count). The third kappa shape index (κ3) is 6.71. The highest BCUT2D eigenvalue weighted by Gasteiger charge is 2.22. The van der Waals surface area contributed by atoms with Crippen molar-refractivity contribution in [1.29, 1.82) is 0 Å². The van der Waals surface area contributed by atoms with E-state index in [2.05, 4.69) is 27.4 Å². The number of aromatic amines is 1. The first kappa shape index (κ1) is 20.5. The number of H-pyrrole nitrogens is 1. The number of aldehydes is 1. The van der Waals surface area contributed by atoms with Gasteiger partial charge in [0.05, 0.1) is 12.4 Å². The lowest BCUT2D eigenvalue weighted by molar-refractivity contribution is -0.127. The van der Waals surface area contributed by atoms with E-state index in [4.69, 9.17) is 0 Å². The van der Waals surface area contributed by atoms with Gasteiger partial charge in [0.1, 0.15) is 6.29 Å². The number of aryl methyl sites for hydroxylation is 1. The number of aromatic nitrogens is 2. The average molecular weight is 389 g/mol. The molecule has 0 saturated heterocycles. The minimum Gasteiger partial charge on any atom is -0.348 e. The quantitative estimate of drug-likeness (QED) is 0.493. The molecule has 3 aromatic rings. The number of nitrogens with one attached hydrogen (secondary N) is 2. The monoisotopic (exact) mass is 389 g/mol. The van der Waals surface area contributed by atoms with Crippen LogP contribution in [0.5, 0.6) is 0 Å². The lowest BCUT2D eigenvalue weighted by atomic mass is 9.92. The number of amides is 1. The summed E-state index contributed by atoms with van der Waals surface area (Å²) in [7, 11) is 0. The third-order valence-corrected chi connectivity index (χ3v) is 5.04. The summed E-state index contributed by atoms with van der Waals surface area (Å²) >= 11 is 0. The van der Waals surface area contributed by atoms with Crippen molar-refractivity contribution in [2.45, 2.75) is 38.1 Å². The van der Waals surface area contributed by atoms with E-state index in [1.165, 1.54) is 5.56 Å². The predicted molar refractivity (Wildman–Crippen MR) is 113 cm³/mol. The summed E-state index contributed by atoms with van der Waals surface area (Å²) in [6.45, 7) is 0. The van der Waals surface area contributed by atoms with Crippen LogP contribution in [0.2, 0.25) is 0 Å². The Labute approximate surface area is 171 Å². The maximum absolute atomic E-state index is 13.0. The molecule has 0 radical (unpaired) electrons. The van der Waals surface area contributed by atoms with Crippen LogP contribution in [0, 0.1) is 5.92 Å². The Hall–Kier alpha value is -3.21. The Bertz CT molecular complexity index is 864. The van der Waals surface area contributed by atoms with Gasteiger partial charge in [-0.25, -0.2) is 4.98 Å². The van der Waals surface area contributed by atoms with Crippen molar-refractivity contribution in [3.05, 3.63) is 90.0 Å². The Morgan fingerprint density at radius 1 is 1.00 bits per heavy atom. The zero-order valence-corrected chi connectivity index (χ0v) is 16.5. The zero-order chi connectivity index (χ0) is 20.3. The molecule has 1 unspecified atom stereocenters. The van der Waals surface area contributed by atoms with Crippen molar-refractivity contribution in [2.24, 2.45) is 5.92 Å². The van der Waals surface area contributed by atoms with Crippen LogP contribution in [-0.2, 0) is 28.9 Å². The summed E-state index contributed by atoms with van der Waals surface area (Å²) in [6.07, 6.45) is 7.73. The maximum Gasteiger partial charge on any atom is 0.224 e. The molecule has 0 aliphatic heterocycles. The number of benzene rings is 2. The minimum absolute atomic E-state index is 0.0708. The van der Waals surface area contributed by atoms with Gasteiger partial charge < -0.3 is 15.1 Å². The molecule has 0 aliphatic rings. The fourth-order valence-electron chi connectivity index (χ4n) is 3.49.